The van der Waals surface area contributed by atoms with Gasteiger partial charge in [-0.1, -0.05) is 60.2 Å². The summed E-state index contributed by atoms with van der Waals surface area (Å²) in [5, 5.41) is 1.09. The molecule has 0 radical (unpaired) electrons. The summed E-state index contributed by atoms with van der Waals surface area (Å²) >= 11 is 6.33. The molecule has 8 nitrogen and oxygen atoms in total. The van der Waals surface area contributed by atoms with Gasteiger partial charge in [0.1, 0.15) is 6.54 Å². The zero-order valence-corrected chi connectivity index (χ0v) is 19.3. The molecule has 176 valence electrons. The fraction of sp³-hybridized carbons (Fsp3) is 0.192. The fourth-order valence-corrected chi connectivity index (χ4v) is 4.80. The number of hydrogen-bond acceptors (Lipinski definition) is 5. The second kappa shape index (κ2) is 9.31. The van der Waals surface area contributed by atoms with Crippen LogP contribution >= 0.6 is 11.6 Å². The Hall–Kier alpha value is -4.04. The molecule has 1 aliphatic carbocycles. The molecule has 2 unspecified atom stereocenters. The van der Waals surface area contributed by atoms with Crippen LogP contribution in [-0.2, 0) is 14.4 Å². The Kier molecular flexibility index (Phi) is 6.05. The Morgan fingerprint density at radius 1 is 0.943 bits per heavy atom. The SMILES string of the molecule is O=C(CN1C(=O)C2CC=CCC2C1=O)NNC(=O)c1cc(-c2ccccc2Cl)nc2ccccc12. The average Bonchev–Trinajstić information content (AvgIpc) is 3.12. The number of rotatable bonds is 4. The number of benzene rings is 2. The van der Waals surface area contributed by atoms with E-state index in [9.17, 15) is 19.2 Å². The number of likely N-dealkylation sites (tertiary alicyclic amines) is 1. The lowest BCUT2D eigenvalue weighted by Crippen LogP contribution is -2.48. The van der Waals surface area contributed by atoms with E-state index in [-0.39, 0.29) is 17.4 Å². The number of allylic oxidation sites excluding steroid dienone is 2. The number of imide groups is 1. The van der Waals surface area contributed by atoms with Gasteiger partial charge in [-0.3, -0.25) is 34.9 Å². The first-order chi connectivity index (χ1) is 16.9. The van der Waals surface area contributed by atoms with E-state index >= 15 is 0 Å². The molecule has 0 spiro atoms. The Bertz CT molecular complexity index is 1380. The number of hydrazine groups is 1. The number of carbonyl (C=O) groups is 4. The van der Waals surface area contributed by atoms with Gasteiger partial charge in [-0.2, -0.15) is 0 Å². The van der Waals surface area contributed by atoms with Gasteiger partial charge in [-0.15, -0.1) is 0 Å². The van der Waals surface area contributed by atoms with Crippen LogP contribution in [0.2, 0.25) is 5.02 Å². The molecule has 0 bridgehead atoms. The third-order valence-corrected chi connectivity index (χ3v) is 6.66. The van der Waals surface area contributed by atoms with Crippen molar-refractivity contribution in [3.63, 3.8) is 0 Å². The molecule has 1 fully saturated rings. The third kappa shape index (κ3) is 4.28. The standard InChI is InChI=1S/C26H21ClN4O4/c27-20-11-5-3-10-18(20)22-13-19(15-7-4-6-12-21(15)28-22)24(33)30-29-23(32)14-31-25(34)16-8-1-2-9-17(16)26(31)35/h1-7,10-13,16-17H,8-9,14H2,(H,29,32)(H,30,33). The summed E-state index contributed by atoms with van der Waals surface area (Å²) in [4.78, 5) is 56.3. The van der Waals surface area contributed by atoms with Gasteiger partial charge < -0.3 is 0 Å². The summed E-state index contributed by atoms with van der Waals surface area (Å²) in [5.41, 5.74) is 6.76. The minimum Gasteiger partial charge on any atom is -0.274 e. The normalized spacial score (nSPS) is 19.1. The highest BCUT2D eigenvalue weighted by Crippen LogP contribution is 2.35. The van der Waals surface area contributed by atoms with E-state index in [0.717, 1.165) is 4.90 Å². The molecule has 3 aromatic rings. The van der Waals surface area contributed by atoms with Crippen LogP contribution in [-0.4, -0.2) is 40.1 Å². The Morgan fingerprint density at radius 3 is 2.31 bits per heavy atom. The average molecular weight is 489 g/mol. The van der Waals surface area contributed by atoms with Crippen LogP contribution in [0.25, 0.3) is 22.2 Å². The Labute approximate surface area is 205 Å². The zero-order valence-electron chi connectivity index (χ0n) is 18.5. The smallest absolute Gasteiger partial charge is 0.270 e. The minimum absolute atomic E-state index is 0.288. The number of halogens is 1. The van der Waals surface area contributed by atoms with Crippen molar-refractivity contribution in [3.05, 3.63) is 77.3 Å². The van der Waals surface area contributed by atoms with E-state index in [2.05, 4.69) is 15.8 Å². The van der Waals surface area contributed by atoms with Crippen LogP contribution in [0.4, 0.5) is 0 Å². The maximum Gasteiger partial charge on any atom is 0.270 e. The number of pyridine rings is 1. The maximum atomic E-state index is 13.1. The van der Waals surface area contributed by atoms with E-state index < -0.39 is 30.2 Å². The second-order valence-electron chi connectivity index (χ2n) is 8.47. The van der Waals surface area contributed by atoms with E-state index in [0.29, 0.717) is 40.0 Å². The van der Waals surface area contributed by atoms with Crippen molar-refractivity contribution in [2.75, 3.05) is 6.54 Å². The molecule has 1 saturated heterocycles. The quantitative estimate of drug-likeness (QED) is 0.333. The van der Waals surface area contributed by atoms with E-state index in [1.165, 1.54) is 0 Å². The lowest BCUT2D eigenvalue weighted by molar-refractivity contribution is -0.143. The summed E-state index contributed by atoms with van der Waals surface area (Å²) in [6.07, 6.45) is 4.75. The van der Waals surface area contributed by atoms with Gasteiger partial charge in [0.15, 0.2) is 0 Å². The number of nitrogens with one attached hydrogen (secondary N) is 2. The number of para-hydroxylation sites is 1. The third-order valence-electron chi connectivity index (χ3n) is 6.33. The monoisotopic (exact) mass is 488 g/mol. The van der Waals surface area contributed by atoms with E-state index in [1.54, 1.807) is 42.5 Å². The number of fused-ring (bicyclic) bond motifs is 2. The minimum atomic E-state index is -0.670. The molecule has 2 atom stereocenters. The van der Waals surface area contributed by atoms with Crippen molar-refractivity contribution in [2.45, 2.75) is 12.8 Å². The van der Waals surface area contributed by atoms with Crippen molar-refractivity contribution in [3.8, 4) is 11.3 Å². The summed E-state index contributed by atoms with van der Waals surface area (Å²) in [6, 6.07) is 15.9. The summed E-state index contributed by atoms with van der Waals surface area (Å²) in [5.74, 6) is -2.77. The molecule has 1 aromatic heterocycles. The second-order valence-corrected chi connectivity index (χ2v) is 8.88. The van der Waals surface area contributed by atoms with Crippen molar-refractivity contribution in [1.29, 1.82) is 0 Å². The topological polar surface area (TPSA) is 108 Å². The van der Waals surface area contributed by atoms with Gasteiger partial charge in [-0.25, -0.2) is 4.98 Å². The van der Waals surface area contributed by atoms with Crippen LogP contribution in [0.15, 0.2) is 66.7 Å². The first-order valence-corrected chi connectivity index (χ1v) is 11.6. The number of nitrogens with zero attached hydrogens (tertiary/aromatic N) is 2. The lowest BCUT2D eigenvalue weighted by Gasteiger charge is -2.15. The molecule has 4 amide bonds. The molecule has 1 aliphatic heterocycles. The van der Waals surface area contributed by atoms with Gasteiger partial charge in [0, 0.05) is 16.0 Å². The predicted molar refractivity (Wildman–Crippen MR) is 130 cm³/mol. The highest BCUT2D eigenvalue weighted by molar-refractivity contribution is 6.33. The maximum absolute atomic E-state index is 13.1. The molecule has 2 heterocycles. The van der Waals surface area contributed by atoms with Crippen molar-refractivity contribution in [2.24, 2.45) is 11.8 Å². The number of amides is 4. The largest absolute Gasteiger partial charge is 0.274 e. The van der Waals surface area contributed by atoms with Gasteiger partial charge >= 0.3 is 0 Å². The summed E-state index contributed by atoms with van der Waals surface area (Å²) in [7, 11) is 0. The summed E-state index contributed by atoms with van der Waals surface area (Å²) < 4.78 is 0. The predicted octanol–water partition coefficient (Wildman–Crippen LogP) is 3.27. The van der Waals surface area contributed by atoms with Gasteiger partial charge in [0.05, 0.1) is 28.6 Å². The van der Waals surface area contributed by atoms with Crippen LogP contribution in [0.3, 0.4) is 0 Å². The van der Waals surface area contributed by atoms with Crippen LogP contribution in [0.5, 0.6) is 0 Å². The molecular formula is C26H21ClN4O4. The first kappa shape index (κ1) is 22.7. The molecule has 2 N–H and O–H groups in total. The number of aromatic nitrogens is 1. The van der Waals surface area contributed by atoms with Crippen LogP contribution < -0.4 is 10.9 Å². The first-order valence-electron chi connectivity index (χ1n) is 11.2. The van der Waals surface area contributed by atoms with E-state index in [4.69, 9.17) is 11.6 Å². The molecule has 35 heavy (non-hydrogen) atoms. The van der Waals surface area contributed by atoms with Crippen molar-refractivity contribution < 1.29 is 19.2 Å². The lowest BCUT2D eigenvalue weighted by atomic mass is 9.85. The van der Waals surface area contributed by atoms with E-state index in [1.807, 2.05) is 24.3 Å². The molecule has 5 rings (SSSR count). The molecule has 0 saturated carbocycles. The van der Waals surface area contributed by atoms with Gasteiger partial charge in [0.2, 0.25) is 11.8 Å². The Morgan fingerprint density at radius 2 is 1.60 bits per heavy atom. The number of hydrogen-bond donors (Lipinski definition) is 2. The highest BCUT2D eigenvalue weighted by atomic mass is 35.5. The van der Waals surface area contributed by atoms with Gasteiger partial charge in [-0.05, 0) is 31.0 Å². The molecule has 2 aromatic carbocycles. The number of carbonyl (C=O) groups excluding carboxylic acids is 4. The van der Waals surface area contributed by atoms with Crippen LogP contribution in [0.1, 0.15) is 23.2 Å². The Balaban J connectivity index is 1.33. The molecule has 9 heteroatoms. The van der Waals surface area contributed by atoms with Crippen molar-refractivity contribution in [1.82, 2.24) is 20.7 Å². The fourth-order valence-electron chi connectivity index (χ4n) is 4.57. The van der Waals surface area contributed by atoms with Gasteiger partial charge in [0.25, 0.3) is 11.8 Å². The highest BCUT2D eigenvalue weighted by Gasteiger charge is 2.47. The molecule has 2 aliphatic rings. The summed E-state index contributed by atoms with van der Waals surface area (Å²) in [6.45, 7) is -0.451. The molecular weight excluding hydrogens is 468 g/mol. The van der Waals surface area contributed by atoms with Crippen molar-refractivity contribution >= 4 is 46.1 Å². The van der Waals surface area contributed by atoms with Crippen LogP contribution in [0, 0.1) is 11.8 Å². The zero-order chi connectivity index (χ0) is 24.5.